The molecule has 4 nitrogen and oxygen atoms in total. The summed E-state index contributed by atoms with van der Waals surface area (Å²) in [5, 5.41) is 6.59. The summed E-state index contributed by atoms with van der Waals surface area (Å²) in [6.45, 7) is 8.63. The number of ether oxygens (including phenoxy) is 1. The number of nitrogens with zero attached hydrogens (tertiary/aromatic N) is 1. The lowest BCUT2D eigenvalue weighted by atomic mass is 10.2. The van der Waals surface area contributed by atoms with Crippen LogP contribution in [0.4, 0.5) is 0 Å². The van der Waals surface area contributed by atoms with Gasteiger partial charge in [-0.15, -0.1) is 24.0 Å². The zero-order valence-corrected chi connectivity index (χ0v) is 15.1. The van der Waals surface area contributed by atoms with E-state index in [4.69, 9.17) is 4.74 Å². The van der Waals surface area contributed by atoms with Crippen LogP contribution in [0.3, 0.4) is 0 Å². The van der Waals surface area contributed by atoms with Crippen molar-refractivity contribution in [3.63, 3.8) is 0 Å². The van der Waals surface area contributed by atoms with Gasteiger partial charge in [-0.2, -0.15) is 0 Å². The van der Waals surface area contributed by atoms with Gasteiger partial charge in [0.15, 0.2) is 5.96 Å². The molecule has 1 aromatic rings. The lowest BCUT2D eigenvalue weighted by Gasteiger charge is -2.15. The van der Waals surface area contributed by atoms with Crippen LogP contribution < -0.4 is 15.4 Å². The highest BCUT2D eigenvalue weighted by Gasteiger charge is 2.04. The van der Waals surface area contributed by atoms with Gasteiger partial charge in [0.25, 0.3) is 0 Å². The van der Waals surface area contributed by atoms with Crippen molar-refractivity contribution in [1.82, 2.24) is 10.6 Å². The van der Waals surface area contributed by atoms with E-state index in [9.17, 15) is 0 Å². The number of guanidine groups is 1. The Morgan fingerprint density at radius 2 is 1.95 bits per heavy atom. The summed E-state index contributed by atoms with van der Waals surface area (Å²) in [4.78, 5) is 4.20. The van der Waals surface area contributed by atoms with Crippen molar-refractivity contribution in [1.29, 1.82) is 0 Å². The van der Waals surface area contributed by atoms with Gasteiger partial charge in [0.2, 0.25) is 0 Å². The molecule has 0 heterocycles. The van der Waals surface area contributed by atoms with Crippen LogP contribution >= 0.6 is 24.0 Å². The quantitative estimate of drug-likeness (QED) is 0.445. The molecule has 0 amide bonds. The Bertz CT molecular complexity index is 408. The van der Waals surface area contributed by atoms with Crippen LogP contribution in [0, 0.1) is 5.92 Å². The fourth-order valence-corrected chi connectivity index (χ4v) is 1.65. The number of benzene rings is 1. The van der Waals surface area contributed by atoms with Gasteiger partial charge in [0.1, 0.15) is 5.75 Å². The van der Waals surface area contributed by atoms with Crippen molar-refractivity contribution in [3.8, 4) is 5.75 Å². The molecule has 0 unspecified atom stereocenters. The highest BCUT2D eigenvalue weighted by molar-refractivity contribution is 14.0. The zero-order valence-electron chi connectivity index (χ0n) is 12.8. The zero-order chi connectivity index (χ0) is 14.1. The van der Waals surface area contributed by atoms with Crippen LogP contribution in [0.5, 0.6) is 5.75 Å². The van der Waals surface area contributed by atoms with Gasteiger partial charge in [-0.1, -0.05) is 32.0 Å². The normalized spacial score (nSPS) is 10.9. The van der Waals surface area contributed by atoms with E-state index < -0.39 is 0 Å². The number of aliphatic imine (C=N–C) groups is 1. The molecule has 0 fully saturated rings. The van der Waals surface area contributed by atoms with E-state index in [0.29, 0.717) is 19.1 Å². The van der Waals surface area contributed by atoms with E-state index in [1.165, 1.54) is 0 Å². The van der Waals surface area contributed by atoms with Crippen LogP contribution in [-0.2, 0) is 6.54 Å². The highest BCUT2D eigenvalue weighted by atomic mass is 127. The fraction of sp³-hybridized carbons (Fsp3) is 0.533. The van der Waals surface area contributed by atoms with Crippen molar-refractivity contribution < 1.29 is 4.74 Å². The predicted molar refractivity (Wildman–Crippen MR) is 96.1 cm³/mol. The molecule has 5 heteroatoms. The molecule has 1 rings (SSSR count). The van der Waals surface area contributed by atoms with Crippen LogP contribution in [0.2, 0.25) is 0 Å². The van der Waals surface area contributed by atoms with Crippen LogP contribution in [0.25, 0.3) is 0 Å². The Kier molecular flexibility index (Phi) is 10.2. The molecule has 0 saturated carbocycles. The Morgan fingerprint density at radius 3 is 2.55 bits per heavy atom. The molecule has 0 saturated heterocycles. The second kappa shape index (κ2) is 10.8. The number of hydrogen-bond donors (Lipinski definition) is 2. The molecule has 20 heavy (non-hydrogen) atoms. The fourth-order valence-electron chi connectivity index (χ4n) is 1.65. The molecular weight excluding hydrogens is 365 g/mol. The third kappa shape index (κ3) is 6.98. The third-order valence-corrected chi connectivity index (χ3v) is 2.62. The van der Waals surface area contributed by atoms with E-state index in [1.807, 2.05) is 25.1 Å². The predicted octanol–water partition coefficient (Wildman–Crippen LogP) is 3.02. The van der Waals surface area contributed by atoms with Crippen molar-refractivity contribution in [2.45, 2.75) is 27.3 Å². The van der Waals surface area contributed by atoms with Crippen LogP contribution in [0.1, 0.15) is 26.3 Å². The molecule has 114 valence electrons. The molecule has 2 N–H and O–H groups in total. The SMILES string of the molecule is CCOc1ccccc1CNC(=NC)NCC(C)C.I. The summed E-state index contributed by atoms with van der Waals surface area (Å²) >= 11 is 0. The second-order valence-electron chi connectivity index (χ2n) is 4.74. The molecule has 0 aliphatic rings. The standard InChI is InChI=1S/C15H25N3O.HI/c1-5-19-14-9-7-6-8-13(14)11-18-15(16-4)17-10-12(2)3;/h6-9,12H,5,10-11H2,1-4H3,(H2,16,17,18);1H. The molecule has 0 radical (unpaired) electrons. The second-order valence-corrected chi connectivity index (χ2v) is 4.74. The Labute approximate surface area is 139 Å². The van der Waals surface area contributed by atoms with Gasteiger partial charge in [0.05, 0.1) is 6.61 Å². The third-order valence-electron chi connectivity index (χ3n) is 2.62. The monoisotopic (exact) mass is 391 g/mol. The maximum atomic E-state index is 5.60. The van der Waals surface area contributed by atoms with Gasteiger partial charge in [-0.3, -0.25) is 4.99 Å². The Morgan fingerprint density at radius 1 is 1.25 bits per heavy atom. The number of hydrogen-bond acceptors (Lipinski definition) is 2. The highest BCUT2D eigenvalue weighted by Crippen LogP contribution is 2.17. The van der Waals surface area contributed by atoms with Gasteiger partial charge < -0.3 is 15.4 Å². The minimum absolute atomic E-state index is 0. The van der Waals surface area contributed by atoms with Crippen molar-refractivity contribution in [3.05, 3.63) is 29.8 Å². The lowest BCUT2D eigenvalue weighted by molar-refractivity contribution is 0.336. The summed E-state index contributed by atoms with van der Waals surface area (Å²) in [5.41, 5.74) is 1.14. The van der Waals surface area contributed by atoms with E-state index in [0.717, 1.165) is 23.8 Å². The smallest absolute Gasteiger partial charge is 0.191 e. The maximum Gasteiger partial charge on any atom is 0.191 e. The molecule has 0 atom stereocenters. The molecule has 0 bridgehead atoms. The number of halogens is 1. The summed E-state index contributed by atoms with van der Waals surface area (Å²) in [7, 11) is 1.78. The van der Waals surface area contributed by atoms with Crippen molar-refractivity contribution >= 4 is 29.9 Å². The van der Waals surface area contributed by atoms with E-state index in [1.54, 1.807) is 7.05 Å². The van der Waals surface area contributed by atoms with Gasteiger partial charge in [-0.05, 0) is 18.9 Å². The van der Waals surface area contributed by atoms with Gasteiger partial charge in [-0.25, -0.2) is 0 Å². The molecule has 0 aromatic heterocycles. The molecule has 1 aromatic carbocycles. The first-order valence-electron chi connectivity index (χ1n) is 6.82. The lowest BCUT2D eigenvalue weighted by Crippen LogP contribution is -2.38. The largest absolute Gasteiger partial charge is 0.494 e. The number of nitrogens with one attached hydrogen (secondary N) is 2. The molecule has 0 aliphatic carbocycles. The van der Waals surface area contributed by atoms with Crippen LogP contribution in [0.15, 0.2) is 29.3 Å². The minimum Gasteiger partial charge on any atom is -0.494 e. The summed E-state index contributed by atoms with van der Waals surface area (Å²) in [5.74, 6) is 2.34. The van der Waals surface area contributed by atoms with Crippen molar-refractivity contribution in [2.24, 2.45) is 10.9 Å². The Balaban J connectivity index is 0.00000361. The minimum atomic E-state index is 0. The first kappa shape index (κ1) is 19.0. The first-order chi connectivity index (χ1) is 9.17. The maximum absolute atomic E-state index is 5.60. The van der Waals surface area contributed by atoms with Gasteiger partial charge in [0, 0.05) is 25.7 Å². The summed E-state index contributed by atoms with van der Waals surface area (Å²) in [6.07, 6.45) is 0. The average Bonchev–Trinajstić information content (AvgIpc) is 2.40. The van der Waals surface area contributed by atoms with E-state index in [2.05, 4.69) is 35.5 Å². The number of para-hydroxylation sites is 1. The topological polar surface area (TPSA) is 45.6 Å². The summed E-state index contributed by atoms with van der Waals surface area (Å²) in [6, 6.07) is 8.06. The number of rotatable bonds is 6. The molecular formula is C15H26IN3O. The average molecular weight is 391 g/mol. The Hall–Kier alpha value is -0.980. The molecule has 0 spiro atoms. The van der Waals surface area contributed by atoms with E-state index in [-0.39, 0.29) is 24.0 Å². The summed E-state index contributed by atoms with van der Waals surface area (Å²) < 4.78 is 5.60. The van der Waals surface area contributed by atoms with Crippen LogP contribution in [-0.4, -0.2) is 26.2 Å². The van der Waals surface area contributed by atoms with Gasteiger partial charge >= 0.3 is 0 Å². The molecule has 0 aliphatic heterocycles. The van der Waals surface area contributed by atoms with E-state index >= 15 is 0 Å². The first-order valence-corrected chi connectivity index (χ1v) is 6.82. The van der Waals surface area contributed by atoms with Crippen molar-refractivity contribution in [2.75, 3.05) is 20.2 Å².